The van der Waals surface area contributed by atoms with Crippen LogP contribution in [-0.2, 0) is 9.59 Å². The zero-order valence-corrected chi connectivity index (χ0v) is 16.4. The van der Waals surface area contributed by atoms with Crippen molar-refractivity contribution < 1.29 is 23.9 Å². The predicted molar refractivity (Wildman–Crippen MR) is 97.8 cm³/mol. The van der Waals surface area contributed by atoms with E-state index in [1.165, 1.54) is 13.2 Å². The number of benzene rings is 1. The number of hydrogen-bond donors (Lipinski definition) is 3. The molecule has 0 aromatic heterocycles. The molecule has 142 valence electrons. The molecule has 0 bridgehead atoms. The van der Waals surface area contributed by atoms with E-state index in [4.69, 9.17) is 9.47 Å². The first-order valence-electron chi connectivity index (χ1n) is 8.24. The van der Waals surface area contributed by atoms with Crippen LogP contribution in [-0.4, -0.2) is 38.0 Å². The van der Waals surface area contributed by atoms with E-state index < -0.39 is 11.8 Å². The van der Waals surface area contributed by atoms with Crippen molar-refractivity contribution >= 4 is 33.7 Å². The molecule has 1 aliphatic carbocycles. The van der Waals surface area contributed by atoms with Crippen LogP contribution < -0.4 is 25.6 Å². The Bertz CT molecular complexity index is 710. The number of ether oxygens (including phenoxy) is 2. The minimum absolute atomic E-state index is 0.00828. The summed E-state index contributed by atoms with van der Waals surface area (Å²) < 4.78 is 11.2. The van der Waals surface area contributed by atoms with Crippen molar-refractivity contribution in [1.82, 2.24) is 16.2 Å². The Morgan fingerprint density at radius 1 is 1.27 bits per heavy atom. The highest BCUT2D eigenvalue weighted by atomic mass is 79.9. The Labute approximate surface area is 160 Å². The second-order valence-electron chi connectivity index (χ2n) is 5.96. The van der Waals surface area contributed by atoms with Gasteiger partial charge in [-0.15, -0.1) is 0 Å². The van der Waals surface area contributed by atoms with Crippen molar-refractivity contribution in [1.29, 1.82) is 0 Å². The molecule has 0 saturated heterocycles. The summed E-state index contributed by atoms with van der Waals surface area (Å²) in [5.41, 5.74) is 4.83. The lowest BCUT2D eigenvalue weighted by atomic mass is 10.2. The summed E-state index contributed by atoms with van der Waals surface area (Å²) >= 11 is 3.33. The van der Waals surface area contributed by atoms with Gasteiger partial charge in [0.05, 0.1) is 24.7 Å². The van der Waals surface area contributed by atoms with Gasteiger partial charge in [0, 0.05) is 11.5 Å². The zero-order chi connectivity index (χ0) is 19.3. The van der Waals surface area contributed by atoms with Crippen molar-refractivity contribution in [3.63, 3.8) is 0 Å². The summed E-state index contributed by atoms with van der Waals surface area (Å²) in [7, 11) is 1.47. The molecule has 1 aromatic rings. The van der Waals surface area contributed by atoms with Crippen molar-refractivity contribution in [2.75, 3.05) is 20.3 Å². The Hall–Kier alpha value is -2.29. The van der Waals surface area contributed by atoms with Crippen molar-refractivity contribution in [3.05, 3.63) is 22.2 Å². The molecule has 8 nitrogen and oxygen atoms in total. The fraction of sp³-hybridized carbons (Fsp3) is 0.471. The third kappa shape index (κ3) is 5.10. The van der Waals surface area contributed by atoms with Gasteiger partial charge in [0.15, 0.2) is 11.5 Å². The fourth-order valence-electron chi connectivity index (χ4n) is 2.36. The number of hydrazine groups is 1. The van der Waals surface area contributed by atoms with Gasteiger partial charge in [-0.2, -0.15) is 0 Å². The average Bonchev–Trinajstić information content (AvgIpc) is 3.35. The summed E-state index contributed by atoms with van der Waals surface area (Å²) in [5.74, 6) is 0.0618. The van der Waals surface area contributed by atoms with Crippen molar-refractivity contribution in [2.24, 2.45) is 11.8 Å². The quantitative estimate of drug-likeness (QED) is 0.570. The van der Waals surface area contributed by atoms with E-state index in [1.54, 1.807) is 6.07 Å². The van der Waals surface area contributed by atoms with Crippen LogP contribution in [0.25, 0.3) is 0 Å². The van der Waals surface area contributed by atoms with E-state index in [0.717, 1.165) is 6.42 Å². The van der Waals surface area contributed by atoms with Crippen LogP contribution in [0, 0.1) is 11.8 Å². The molecular weight excluding hydrogens is 406 g/mol. The van der Waals surface area contributed by atoms with Crippen molar-refractivity contribution in [2.45, 2.75) is 20.3 Å². The maximum atomic E-state index is 12.2. The number of rotatable bonds is 7. The number of nitrogens with one attached hydrogen (secondary N) is 3. The summed E-state index contributed by atoms with van der Waals surface area (Å²) in [6.45, 7) is 4.07. The smallest absolute Gasteiger partial charge is 0.269 e. The second kappa shape index (κ2) is 8.88. The molecule has 3 N–H and O–H groups in total. The van der Waals surface area contributed by atoms with Crippen LogP contribution in [0.4, 0.5) is 0 Å². The van der Waals surface area contributed by atoms with E-state index >= 15 is 0 Å². The van der Waals surface area contributed by atoms with Crippen LogP contribution in [0.2, 0.25) is 0 Å². The van der Waals surface area contributed by atoms with Gasteiger partial charge in [-0.3, -0.25) is 25.2 Å². The van der Waals surface area contributed by atoms with Gasteiger partial charge < -0.3 is 14.8 Å². The molecule has 26 heavy (non-hydrogen) atoms. The summed E-state index contributed by atoms with van der Waals surface area (Å²) in [6, 6.07) is 3.07. The van der Waals surface area contributed by atoms with E-state index in [1.807, 2.05) is 13.8 Å². The number of hydrogen-bond acceptors (Lipinski definition) is 5. The molecule has 0 spiro atoms. The maximum Gasteiger partial charge on any atom is 0.269 e. The van der Waals surface area contributed by atoms with Crippen LogP contribution in [0.15, 0.2) is 16.6 Å². The number of carbonyl (C=O) groups excluding carboxylic acids is 3. The van der Waals surface area contributed by atoms with Gasteiger partial charge in [-0.05, 0) is 47.3 Å². The lowest BCUT2D eigenvalue weighted by molar-refractivity contribution is -0.127. The van der Waals surface area contributed by atoms with E-state index in [0.29, 0.717) is 28.5 Å². The molecular formula is C17H22BrN3O5. The number of halogens is 1. The van der Waals surface area contributed by atoms with Crippen LogP contribution in [0.1, 0.15) is 30.6 Å². The van der Waals surface area contributed by atoms with E-state index in [2.05, 4.69) is 32.1 Å². The fourth-order valence-corrected chi connectivity index (χ4v) is 2.92. The average molecular weight is 428 g/mol. The number of methoxy groups -OCH3 is 1. The van der Waals surface area contributed by atoms with Crippen LogP contribution in [0.3, 0.4) is 0 Å². The first kappa shape index (κ1) is 20.0. The molecule has 0 aliphatic heterocycles. The standard InChI is InChI=1S/C17H22BrN3O5/c1-4-26-15-12(18)6-10(7-13(15)25-3)16(23)21-20-14(22)8-19-17(24)11-5-9(11)2/h6-7,9,11H,4-5,8H2,1-3H3,(H,19,24)(H,20,22)(H,21,23). The molecule has 1 saturated carbocycles. The summed E-state index contributed by atoms with van der Waals surface area (Å²) in [5, 5.41) is 2.54. The first-order chi connectivity index (χ1) is 12.4. The Morgan fingerprint density at radius 3 is 2.54 bits per heavy atom. The predicted octanol–water partition coefficient (Wildman–Crippen LogP) is 1.39. The Kier molecular flexibility index (Phi) is 6.84. The molecule has 1 fully saturated rings. The molecule has 1 aromatic carbocycles. The summed E-state index contributed by atoms with van der Waals surface area (Å²) in [6.07, 6.45) is 0.846. The van der Waals surface area contributed by atoms with Gasteiger partial charge in [0.1, 0.15) is 0 Å². The highest BCUT2D eigenvalue weighted by Crippen LogP contribution is 2.37. The molecule has 0 radical (unpaired) electrons. The maximum absolute atomic E-state index is 12.2. The van der Waals surface area contributed by atoms with E-state index in [9.17, 15) is 14.4 Å². The third-order valence-electron chi connectivity index (χ3n) is 3.97. The summed E-state index contributed by atoms with van der Waals surface area (Å²) in [4.78, 5) is 35.6. The number of carbonyl (C=O) groups is 3. The minimum atomic E-state index is -0.525. The minimum Gasteiger partial charge on any atom is -0.493 e. The monoisotopic (exact) mass is 427 g/mol. The molecule has 1 aliphatic rings. The van der Waals surface area contributed by atoms with Crippen LogP contribution >= 0.6 is 15.9 Å². The van der Waals surface area contributed by atoms with Gasteiger partial charge in [0.25, 0.3) is 11.8 Å². The molecule has 3 amide bonds. The Morgan fingerprint density at radius 2 is 1.96 bits per heavy atom. The van der Waals surface area contributed by atoms with Gasteiger partial charge in [-0.1, -0.05) is 6.92 Å². The van der Waals surface area contributed by atoms with Crippen molar-refractivity contribution in [3.8, 4) is 11.5 Å². The highest BCUT2D eigenvalue weighted by Gasteiger charge is 2.38. The Balaban J connectivity index is 1.87. The topological polar surface area (TPSA) is 106 Å². The molecule has 2 rings (SSSR count). The largest absolute Gasteiger partial charge is 0.493 e. The molecule has 2 atom stereocenters. The SMILES string of the molecule is CCOc1c(Br)cc(C(=O)NNC(=O)CNC(=O)C2CC2C)cc1OC. The second-order valence-corrected chi connectivity index (χ2v) is 6.82. The number of amides is 3. The lowest BCUT2D eigenvalue weighted by Gasteiger charge is -2.13. The zero-order valence-electron chi connectivity index (χ0n) is 14.8. The van der Waals surface area contributed by atoms with Gasteiger partial charge >= 0.3 is 0 Å². The third-order valence-corrected chi connectivity index (χ3v) is 4.55. The first-order valence-corrected chi connectivity index (χ1v) is 9.03. The molecule has 2 unspecified atom stereocenters. The normalized spacial score (nSPS) is 17.8. The molecule has 0 heterocycles. The highest BCUT2D eigenvalue weighted by molar-refractivity contribution is 9.10. The lowest BCUT2D eigenvalue weighted by Crippen LogP contribution is -2.46. The molecule has 9 heteroatoms. The van der Waals surface area contributed by atoms with E-state index in [-0.39, 0.29) is 23.9 Å². The van der Waals surface area contributed by atoms with Gasteiger partial charge in [-0.25, -0.2) is 0 Å². The van der Waals surface area contributed by atoms with Crippen LogP contribution in [0.5, 0.6) is 11.5 Å². The van der Waals surface area contributed by atoms with Gasteiger partial charge in [0.2, 0.25) is 5.91 Å².